The van der Waals surface area contributed by atoms with Crippen LogP contribution < -0.4 is 5.32 Å². The van der Waals surface area contributed by atoms with Crippen LogP contribution in [-0.4, -0.2) is 37.6 Å². The Balaban J connectivity index is 2.02. The normalized spacial score (nSPS) is 17.2. The zero-order valence-corrected chi connectivity index (χ0v) is 17.0. The second kappa shape index (κ2) is 16.4. The van der Waals surface area contributed by atoms with E-state index in [-0.39, 0.29) is 0 Å². The predicted octanol–water partition coefficient (Wildman–Crippen LogP) is 6.01. The van der Waals surface area contributed by atoms with Gasteiger partial charge in [-0.3, -0.25) is 0 Å². The summed E-state index contributed by atoms with van der Waals surface area (Å²) >= 11 is 0. The second-order valence-electron chi connectivity index (χ2n) is 8.01. The summed E-state index contributed by atoms with van der Waals surface area (Å²) in [6, 6.07) is 0. The SMILES string of the molecule is CCCCCCC(CCCCC)CCNCCCN1CCCCC1. The molecule has 0 saturated carbocycles. The molecule has 1 heterocycles. The minimum atomic E-state index is 0.975. The summed E-state index contributed by atoms with van der Waals surface area (Å²) < 4.78 is 0. The molecule has 0 spiro atoms. The van der Waals surface area contributed by atoms with Gasteiger partial charge in [0.05, 0.1) is 0 Å². The summed E-state index contributed by atoms with van der Waals surface area (Å²) in [4.78, 5) is 2.66. The third-order valence-corrected chi connectivity index (χ3v) is 5.69. The van der Waals surface area contributed by atoms with Crippen molar-refractivity contribution >= 4 is 0 Å². The van der Waals surface area contributed by atoms with Crippen LogP contribution in [0.2, 0.25) is 0 Å². The Kier molecular flexibility index (Phi) is 15.0. The van der Waals surface area contributed by atoms with Crippen LogP contribution in [0, 0.1) is 5.92 Å². The highest BCUT2D eigenvalue weighted by Crippen LogP contribution is 2.20. The van der Waals surface area contributed by atoms with Crippen molar-refractivity contribution in [3.63, 3.8) is 0 Å². The van der Waals surface area contributed by atoms with E-state index in [1.807, 2.05) is 0 Å². The van der Waals surface area contributed by atoms with Gasteiger partial charge in [0.1, 0.15) is 0 Å². The van der Waals surface area contributed by atoms with Crippen LogP contribution in [0.3, 0.4) is 0 Å². The topological polar surface area (TPSA) is 15.3 Å². The van der Waals surface area contributed by atoms with Gasteiger partial charge in [0.25, 0.3) is 0 Å². The van der Waals surface area contributed by atoms with Crippen LogP contribution >= 0.6 is 0 Å². The number of rotatable bonds is 16. The van der Waals surface area contributed by atoms with E-state index in [1.54, 1.807) is 0 Å². The van der Waals surface area contributed by atoms with Gasteiger partial charge in [-0.15, -0.1) is 0 Å². The molecule has 1 fully saturated rings. The lowest BCUT2D eigenvalue weighted by Crippen LogP contribution is -2.32. The van der Waals surface area contributed by atoms with Crippen LogP contribution in [0.5, 0.6) is 0 Å². The van der Waals surface area contributed by atoms with E-state index in [4.69, 9.17) is 0 Å². The van der Waals surface area contributed by atoms with E-state index >= 15 is 0 Å². The Hall–Kier alpha value is -0.0800. The number of hydrogen-bond acceptors (Lipinski definition) is 2. The first-order valence-corrected chi connectivity index (χ1v) is 11.3. The summed E-state index contributed by atoms with van der Waals surface area (Å²) in [5.74, 6) is 0.975. The van der Waals surface area contributed by atoms with Gasteiger partial charge in [-0.25, -0.2) is 0 Å². The molecule has 1 atom stereocenters. The zero-order valence-electron chi connectivity index (χ0n) is 17.0. The average molecular weight is 339 g/mol. The molecule has 0 aromatic rings. The van der Waals surface area contributed by atoms with Gasteiger partial charge in [0, 0.05) is 0 Å². The van der Waals surface area contributed by atoms with Gasteiger partial charge in [0.15, 0.2) is 0 Å². The summed E-state index contributed by atoms with van der Waals surface area (Å²) in [5.41, 5.74) is 0. The molecule has 1 saturated heterocycles. The number of unbranched alkanes of at least 4 members (excludes halogenated alkanes) is 5. The van der Waals surface area contributed by atoms with Gasteiger partial charge in [-0.2, -0.15) is 0 Å². The Morgan fingerprint density at radius 2 is 1.38 bits per heavy atom. The fraction of sp³-hybridized carbons (Fsp3) is 1.00. The molecule has 2 heteroatoms. The van der Waals surface area contributed by atoms with Crippen molar-refractivity contribution in [3.05, 3.63) is 0 Å². The Labute approximate surface area is 153 Å². The maximum absolute atomic E-state index is 3.72. The van der Waals surface area contributed by atoms with Gasteiger partial charge in [-0.1, -0.05) is 78.1 Å². The van der Waals surface area contributed by atoms with Gasteiger partial charge < -0.3 is 10.2 Å². The van der Waals surface area contributed by atoms with Crippen LogP contribution in [0.25, 0.3) is 0 Å². The number of likely N-dealkylation sites (tertiary alicyclic amines) is 1. The molecular weight excluding hydrogens is 292 g/mol. The van der Waals surface area contributed by atoms with Crippen molar-refractivity contribution in [3.8, 4) is 0 Å². The molecule has 0 aromatic carbocycles. The summed E-state index contributed by atoms with van der Waals surface area (Å²) in [5, 5.41) is 3.72. The lowest BCUT2D eigenvalue weighted by Gasteiger charge is -2.26. The van der Waals surface area contributed by atoms with Gasteiger partial charge in [0.2, 0.25) is 0 Å². The molecule has 0 radical (unpaired) electrons. The molecule has 2 nitrogen and oxygen atoms in total. The second-order valence-corrected chi connectivity index (χ2v) is 8.01. The maximum Gasteiger partial charge on any atom is -0.000664 e. The Morgan fingerprint density at radius 1 is 0.708 bits per heavy atom. The van der Waals surface area contributed by atoms with Crippen molar-refractivity contribution in [2.75, 3.05) is 32.7 Å². The molecule has 24 heavy (non-hydrogen) atoms. The van der Waals surface area contributed by atoms with Crippen molar-refractivity contribution in [1.82, 2.24) is 10.2 Å². The fourth-order valence-electron chi connectivity index (χ4n) is 4.02. The molecule has 1 unspecified atom stereocenters. The summed E-state index contributed by atoms with van der Waals surface area (Å²) in [6.07, 6.45) is 19.9. The molecular formula is C22H46N2. The largest absolute Gasteiger partial charge is 0.317 e. The molecule has 1 aliphatic rings. The average Bonchev–Trinajstić information content (AvgIpc) is 2.62. The number of hydrogen-bond donors (Lipinski definition) is 1. The number of nitrogens with zero attached hydrogens (tertiary/aromatic N) is 1. The van der Waals surface area contributed by atoms with Crippen molar-refractivity contribution in [1.29, 1.82) is 0 Å². The number of piperidine rings is 1. The van der Waals surface area contributed by atoms with Crippen molar-refractivity contribution in [2.45, 2.75) is 104 Å². The molecule has 1 N–H and O–H groups in total. The third kappa shape index (κ3) is 12.3. The van der Waals surface area contributed by atoms with Crippen LogP contribution in [-0.2, 0) is 0 Å². The first kappa shape index (κ1) is 22.0. The fourth-order valence-corrected chi connectivity index (χ4v) is 4.02. The van der Waals surface area contributed by atoms with E-state index < -0.39 is 0 Å². The lowest BCUT2D eigenvalue weighted by molar-refractivity contribution is 0.225. The summed E-state index contributed by atoms with van der Waals surface area (Å²) in [6.45, 7) is 11.1. The molecule has 0 amide bonds. The molecule has 0 aliphatic carbocycles. The molecule has 0 aromatic heterocycles. The number of nitrogens with one attached hydrogen (secondary N) is 1. The minimum absolute atomic E-state index is 0.975. The van der Waals surface area contributed by atoms with E-state index in [9.17, 15) is 0 Å². The minimum Gasteiger partial charge on any atom is -0.317 e. The van der Waals surface area contributed by atoms with Crippen molar-refractivity contribution in [2.24, 2.45) is 5.92 Å². The smallest absolute Gasteiger partial charge is 0.000664 e. The van der Waals surface area contributed by atoms with E-state index in [2.05, 4.69) is 24.1 Å². The Bertz CT molecular complexity index is 248. The third-order valence-electron chi connectivity index (χ3n) is 5.69. The van der Waals surface area contributed by atoms with Gasteiger partial charge in [-0.05, 0) is 64.3 Å². The van der Waals surface area contributed by atoms with Gasteiger partial charge >= 0.3 is 0 Å². The first-order chi connectivity index (χ1) is 11.9. The Morgan fingerprint density at radius 3 is 2.08 bits per heavy atom. The van der Waals surface area contributed by atoms with Crippen LogP contribution in [0.15, 0.2) is 0 Å². The highest BCUT2D eigenvalue weighted by Gasteiger charge is 2.10. The van der Waals surface area contributed by atoms with Crippen LogP contribution in [0.4, 0.5) is 0 Å². The molecule has 1 aliphatic heterocycles. The van der Waals surface area contributed by atoms with E-state index in [1.165, 1.54) is 123 Å². The molecule has 144 valence electrons. The maximum atomic E-state index is 3.72. The standard InChI is InChI=1S/C22H46N2/c1-3-5-7-10-15-22(14-9-6-4-2)16-18-23-17-13-21-24-19-11-8-12-20-24/h22-23H,3-21H2,1-2H3. The quantitative estimate of drug-likeness (QED) is 0.347. The van der Waals surface area contributed by atoms with E-state index in [0.717, 1.165) is 5.92 Å². The zero-order chi connectivity index (χ0) is 17.3. The predicted molar refractivity (Wildman–Crippen MR) is 109 cm³/mol. The van der Waals surface area contributed by atoms with Crippen molar-refractivity contribution < 1.29 is 0 Å². The first-order valence-electron chi connectivity index (χ1n) is 11.3. The van der Waals surface area contributed by atoms with Crippen LogP contribution in [0.1, 0.15) is 104 Å². The highest BCUT2D eigenvalue weighted by molar-refractivity contribution is 4.66. The molecule has 1 rings (SSSR count). The lowest BCUT2D eigenvalue weighted by atomic mass is 9.92. The highest BCUT2D eigenvalue weighted by atomic mass is 15.1. The molecule has 0 bridgehead atoms. The van der Waals surface area contributed by atoms with E-state index in [0.29, 0.717) is 0 Å². The summed E-state index contributed by atoms with van der Waals surface area (Å²) in [7, 11) is 0. The monoisotopic (exact) mass is 338 g/mol.